The summed E-state index contributed by atoms with van der Waals surface area (Å²) < 4.78 is 5.14. The average molecular weight is 378 g/mol. The maximum atomic E-state index is 12.6. The second kappa shape index (κ2) is 8.39. The van der Waals surface area contributed by atoms with Crippen LogP contribution in [0.1, 0.15) is 55.3 Å². The van der Waals surface area contributed by atoms with Gasteiger partial charge < -0.3 is 24.6 Å². The zero-order chi connectivity index (χ0) is 19.4. The molecule has 2 fully saturated rings. The summed E-state index contributed by atoms with van der Waals surface area (Å²) in [6, 6.07) is 0.237. The van der Waals surface area contributed by atoms with Crippen LogP contribution in [0, 0.1) is 6.92 Å². The predicted octanol–water partition coefficient (Wildman–Crippen LogP) is 0.941. The third-order valence-corrected chi connectivity index (χ3v) is 5.66. The van der Waals surface area contributed by atoms with Crippen molar-refractivity contribution in [1.29, 1.82) is 0 Å². The summed E-state index contributed by atoms with van der Waals surface area (Å²) in [5.41, 5.74) is -0.421. The number of likely N-dealkylation sites (tertiary alicyclic amines) is 2. The molecule has 150 valence electrons. The molecule has 0 unspecified atom stereocenters. The number of aliphatic hydroxyl groups is 1. The van der Waals surface area contributed by atoms with Gasteiger partial charge in [-0.3, -0.25) is 9.59 Å². The number of nitrogens with zero attached hydrogens (tertiary/aromatic N) is 3. The van der Waals surface area contributed by atoms with E-state index in [2.05, 4.69) is 15.2 Å². The van der Waals surface area contributed by atoms with E-state index in [1.54, 1.807) is 18.7 Å². The molecule has 8 nitrogen and oxygen atoms in total. The third kappa shape index (κ3) is 5.07. The van der Waals surface area contributed by atoms with E-state index in [1.165, 1.54) is 6.39 Å². The second-order valence-electron chi connectivity index (χ2n) is 7.88. The SMILES string of the molecule is CC(=O)NC1CCN(C[C@]2(O)CCCN(C(=O)c3ncoc3C)CC2)CC1. The Balaban J connectivity index is 1.52. The van der Waals surface area contributed by atoms with Gasteiger partial charge in [-0.15, -0.1) is 0 Å². The summed E-state index contributed by atoms with van der Waals surface area (Å²) >= 11 is 0. The number of piperidine rings is 1. The van der Waals surface area contributed by atoms with Crippen molar-refractivity contribution < 1.29 is 19.1 Å². The van der Waals surface area contributed by atoms with Gasteiger partial charge in [0.15, 0.2) is 12.1 Å². The first-order chi connectivity index (χ1) is 12.9. The van der Waals surface area contributed by atoms with Crippen molar-refractivity contribution in [3.63, 3.8) is 0 Å². The van der Waals surface area contributed by atoms with Crippen LogP contribution < -0.4 is 5.32 Å². The van der Waals surface area contributed by atoms with Gasteiger partial charge in [0.05, 0.1) is 5.60 Å². The van der Waals surface area contributed by atoms with Crippen molar-refractivity contribution in [2.45, 2.75) is 57.6 Å². The highest BCUT2D eigenvalue weighted by atomic mass is 16.3. The lowest BCUT2D eigenvalue weighted by Crippen LogP contribution is -2.50. The minimum atomic E-state index is -0.783. The van der Waals surface area contributed by atoms with Crippen molar-refractivity contribution >= 4 is 11.8 Å². The fourth-order valence-corrected chi connectivity index (χ4v) is 4.14. The summed E-state index contributed by atoms with van der Waals surface area (Å²) in [6.07, 6.45) is 5.11. The fourth-order valence-electron chi connectivity index (χ4n) is 4.14. The average Bonchev–Trinajstić information content (AvgIpc) is 2.95. The first kappa shape index (κ1) is 19.8. The molecule has 2 amide bonds. The van der Waals surface area contributed by atoms with Crippen molar-refractivity contribution in [2.24, 2.45) is 0 Å². The molecule has 27 heavy (non-hydrogen) atoms. The Hall–Kier alpha value is -1.93. The largest absolute Gasteiger partial charge is 0.448 e. The topological polar surface area (TPSA) is 98.9 Å². The van der Waals surface area contributed by atoms with E-state index in [0.29, 0.717) is 43.9 Å². The number of rotatable bonds is 4. The lowest BCUT2D eigenvalue weighted by Gasteiger charge is -2.38. The molecule has 2 aliphatic heterocycles. The summed E-state index contributed by atoms with van der Waals surface area (Å²) in [6.45, 7) is 6.78. The van der Waals surface area contributed by atoms with Gasteiger partial charge in [0.1, 0.15) is 5.76 Å². The lowest BCUT2D eigenvalue weighted by atomic mass is 9.93. The van der Waals surface area contributed by atoms with Crippen LogP contribution in [0.2, 0.25) is 0 Å². The van der Waals surface area contributed by atoms with Crippen LogP contribution in [0.15, 0.2) is 10.8 Å². The molecule has 0 aliphatic carbocycles. The molecule has 1 atom stereocenters. The summed E-state index contributed by atoms with van der Waals surface area (Å²) in [5, 5.41) is 14.1. The number of hydrogen-bond acceptors (Lipinski definition) is 6. The van der Waals surface area contributed by atoms with Crippen molar-refractivity contribution in [1.82, 2.24) is 20.1 Å². The van der Waals surface area contributed by atoms with Gasteiger partial charge in [0, 0.05) is 45.7 Å². The fraction of sp³-hybridized carbons (Fsp3) is 0.737. The Morgan fingerprint density at radius 2 is 2.04 bits per heavy atom. The first-order valence-electron chi connectivity index (χ1n) is 9.77. The van der Waals surface area contributed by atoms with Gasteiger partial charge in [0.25, 0.3) is 5.91 Å². The maximum absolute atomic E-state index is 12.6. The second-order valence-corrected chi connectivity index (χ2v) is 7.88. The molecule has 0 bridgehead atoms. The number of amides is 2. The van der Waals surface area contributed by atoms with Crippen LogP contribution in [0.25, 0.3) is 0 Å². The van der Waals surface area contributed by atoms with E-state index in [0.717, 1.165) is 32.4 Å². The van der Waals surface area contributed by atoms with E-state index >= 15 is 0 Å². The Labute approximate surface area is 159 Å². The Morgan fingerprint density at radius 1 is 1.30 bits per heavy atom. The van der Waals surface area contributed by atoms with Crippen LogP contribution in [0.3, 0.4) is 0 Å². The highest BCUT2D eigenvalue weighted by molar-refractivity contribution is 5.93. The maximum Gasteiger partial charge on any atom is 0.276 e. The number of oxazole rings is 1. The quantitative estimate of drug-likeness (QED) is 0.809. The molecule has 0 radical (unpaired) electrons. The van der Waals surface area contributed by atoms with Gasteiger partial charge in [-0.05, 0) is 39.0 Å². The van der Waals surface area contributed by atoms with E-state index in [1.807, 2.05) is 0 Å². The van der Waals surface area contributed by atoms with Gasteiger partial charge in [-0.1, -0.05) is 0 Å². The third-order valence-electron chi connectivity index (χ3n) is 5.66. The molecule has 1 aromatic rings. The van der Waals surface area contributed by atoms with E-state index < -0.39 is 5.60 Å². The molecule has 2 N–H and O–H groups in total. The number of aromatic nitrogens is 1. The normalized spacial score (nSPS) is 25.2. The lowest BCUT2D eigenvalue weighted by molar-refractivity contribution is -0.120. The van der Waals surface area contributed by atoms with E-state index in [9.17, 15) is 14.7 Å². The molecule has 2 aliphatic rings. The van der Waals surface area contributed by atoms with Crippen LogP contribution in [0.4, 0.5) is 0 Å². The highest BCUT2D eigenvalue weighted by Crippen LogP contribution is 2.26. The molecule has 3 heterocycles. The smallest absolute Gasteiger partial charge is 0.276 e. The number of carbonyl (C=O) groups excluding carboxylic acids is 2. The standard InChI is InChI=1S/C19H30N4O4/c1-14-17(20-13-27-14)18(25)23-8-3-6-19(26,7-11-23)12-22-9-4-16(5-10-22)21-15(2)24/h13,16,26H,3-12H2,1-2H3,(H,21,24)/t19-/m0/s1. The number of β-amino-alcohol motifs (C(OH)–C–C–N with tert-alkyl or cyclic N) is 1. The number of hydrogen-bond donors (Lipinski definition) is 2. The molecule has 0 aromatic carbocycles. The molecule has 1 aromatic heterocycles. The minimum Gasteiger partial charge on any atom is -0.448 e. The molecular formula is C19H30N4O4. The monoisotopic (exact) mass is 378 g/mol. The van der Waals surface area contributed by atoms with Gasteiger partial charge in [-0.2, -0.15) is 0 Å². The zero-order valence-electron chi connectivity index (χ0n) is 16.2. The highest BCUT2D eigenvalue weighted by Gasteiger charge is 2.35. The molecular weight excluding hydrogens is 348 g/mol. The number of carbonyl (C=O) groups is 2. The summed E-state index contributed by atoms with van der Waals surface area (Å²) in [7, 11) is 0. The van der Waals surface area contributed by atoms with Gasteiger partial charge in [0.2, 0.25) is 5.91 Å². The molecule has 0 saturated carbocycles. The van der Waals surface area contributed by atoms with Crippen molar-refractivity contribution in [3.05, 3.63) is 17.8 Å². The minimum absolute atomic E-state index is 0.0166. The Bertz CT molecular complexity index is 668. The van der Waals surface area contributed by atoms with E-state index in [-0.39, 0.29) is 17.9 Å². The number of aryl methyl sites for hydroxylation is 1. The zero-order valence-corrected chi connectivity index (χ0v) is 16.2. The summed E-state index contributed by atoms with van der Waals surface area (Å²) in [5.74, 6) is 0.422. The van der Waals surface area contributed by atoms with Crippen LogP contribution >= 0.6 is 0 Å². The Kier molecular flexibility index (Phi) is 6.16. The molecule has 3 rings (SSSR count). The van der Waals surface area contributed by atoms with Gasteiger partial charge in [-0.25, -0.2) is 4.98 Å². The van der Waals surface area contributed by atoms with Crippen molar-refractivity contribution in [2.75, 3.05) is 32.7 Å². The Morgan fingerprint density at radius 3 is 2.67 bits per heavy atom. The van der Waals surface area contributed by atoms with Crippen LogP contribution in [0.5, 0.6) is 0 Å². The molecule has 8 heteroatoms. The van der Waals surface area contributed by atoms with E-state index in [4.69, 9.17) is 4.42 Å². The first-order valence-corrected chi connectivity index (χ1v) is 9.77. The molecule has 0 spiro atoms. The van der Waals surface area contributed by atoms with Gasteiger partial charge >= 0.3 is 0 Å². The summed E-state index contributed by atoms with van der Waals surface area (Å²) in [4.78, 5) is 31.9. The van der Waals surface area contributed by atoms with Crippen molar-refractivity contribution in [3.8, 4) is 0 Å². The predicted molar refractivity (Wildman–Crippen MR) is 99.2 cm³/mol. The molecule has 2 saturated heterocycles. The van der Waals surface area contributed by atoms with Crippen LogP contribution in [-0.4, -0.2) is 76.1 Å². The number of nitrogens with one attached hydrogen (secondary N) is 1. The van der Waals surface area contributed by atoms with Crippen LogP contribution in [-0.2, 0) is 4.79 Å².